The van der Waals surface area contributed by atoms with Crippen LogP contribution in [0.4, 0.5) is 5.69 Å². The SMILES string of the molecule is O=C(N[C@@H](Nc1ccccc1)C(Cl)(Cl)Cl)c1cccs1. The van der Waals surface area contributed by atoms with Crippen molar-refractivity contribution in [3.63, 3.8) is 0 Å². The highest BCUT2D eigenvalue weighted by atomic mass is 35.6. The number of rotatable bonds is 4. The number of carbonyl (C=O) groups is 1. The van der Waals surface area contributed by atoms with Crippen molar-refractivity contribution in [1.82, 2.24) is 5.32 Å². The highest BCUT2D eigenvalue weighted by Gasteiger charge is 2.34. The zero-order valence-electron chi connectivity index (χ0n) is 10.1. The standard InChI is InChI=1S/C13H11Cl3N2OS/c14-13(15,16)12(17-9-5-2-1-3-6-9)18-11(19)10-7-4-8-20-10/h1-8,12,17H,(H,18,19)/t12-/m1/s1. The molecule has 2 rings (SSSR count). The Bertz CT molecular complexity index is 555. The first kappa shape index (κ1) is 15.4. The van der Waals surface area contributed by atoms with Crippen LogP contribution < -0.4 is 10.6 Å². The number of benzene rings is 1. The van der Waals surface area contributed by atoms with Crippen LogP contribution in [0.25, 0.3) is 0 Å². The number of nitrogens with one attached hydrogen (secondary N) is 2. The van der Waals surface area contributed by atoms with Crippen LogP contribution >= 0.6 is 46.1 Å². The molecule has 1 heterocycles. The summed E-state index contributed by atoms with van der Waals surface area (Å²) in [5, 5.41) is 7.47. The summed E-state index contributed by atoms with van der Waals surface area (Å²) < 4.78 is -1.68. The van der Waals surface area contributed by atoms with Gasteiger partial charge in [-0.25, -0.2) is 0 Å². The molecule has 0 bridgehead atoms. The van der Waals surface area contributed by atoms with E-state index in [1.165, 1.54) is 11.3 Å². The molecule has 0 fully saturated rings. The molecule has 0 radical (unpaired) electrons. The molecule has 1 amide bonds. The number of amides is 1. The minimum atomic E-state index is -1.68. The Morgan fingerprint density at radius 1 is 1.10 bits per heavy atom. The van der Waals surface area contributed by atoms with Gasteiger partial charge >= 0.3 is 0 Å². The van der Waals surface area contributed by atoms with Gasteiger partial charge in [0.1, 0.15) is 6.17 Å². The normalized spacial score (nSPS) is 12.8. The summed E-state index contributed by atoms with van der Waals surface area (Å²) in [7, 11) is 0. The first-order valence-corrected chi connectivity index (χ1v) is 7.71. The molecule has 0 aliphatic heterocycles. The van der Waals surface area contributed by atoms with Gasteiger partial charge in [-0.3, -0.25) is 4.79 Å². The predicted octanol–water partition coefficient (Wildman–Crippen LogP) is 4.29. The molecule has 0 saturated carbocycles. The second kappa shape index (κ2) is 6.68. The molecule has 3 nitrogen and oxygen atoms in total. The number of hydrogen-bond donors (Lipinski definition) is 2. The van der Waals surface area contributed by atoms with Gasteiger partial charge in [-0.1, -0.05) is 59.1 Å². The van der Waals surface area contributed by atoms with Crippen LogP contribution in [0.1, 0.15) is 9.67 Å². The van der Waals surface area contributed by atoms with Gasteiger partial charge < -0.3 is 10.6 Å². The lowest BCUT2D eigenvalue weighted by Gasteiger charge is -2.27. The van der Waals surface area contributed by atoms with E-state index >= 15 is 0 Å². The Morgan fingerprint density at radius 2 is 1.80 bits per heavy atom. The lowest BCUT2D eigenvalue weighted by Crippen LogP contribution is -2.48. The maximum absolute atomic E-state index is 12.0. The molecule has 0 saturated heterocycles. The van der Waals surface area contributed by atoms with Gasteiger partial charge in [0, 0.05) is 5.69 Å². The highest BCUT2D eigenvalue weighted by molar-refractivity contribution is 7.12. The molecular weight excluding hydrogens is 339 g/mol. The molecule has 20 heavy (non-hydrogen) atoms. The Hall–Kier alpha value is -0.940. The van der Waals surface area contributed by atoms with E-state index in [0.717, 1.165) is 5.69 Å². The molecular formula is C13H11Cl3N2OS. The first-order chi connectivity index (χ1) is 9.47. The van der Waals surface area contributed by atoms with Crippen LogP contribution in [-0.4, -0.2) is 15.9 Å². The molecule has 1 aromatic heterocycles. The highest BCUT2D eigenvalue weighted by Crippen LogP contribution is 2.31. The van der Waals surface area contributed by atoms with Gasteiger partial charge in [-0.05, 0) is 23.6 Å². The summed E-state index contributed by atoms with van der Waals surface area (Å²) >= 11 is 19.1. The third-order valence-corrected chi connectivity index (χ3v) is 3.96. The summed E-state index contributed by atoms with van der Waals surface area (Å²) in [6.07, 6.45) is -0.843. The van der Waals surface area contributed by atoms with E-state index in [4.69, 9.17) is 34.8 Å². The Kier molecular flexibility index (Phi) is 5.16. The Labute approximate surface area is 135 Å². The van der Waals surface area contributed by atoms with E-state index in [9.17, 15) is 4.79 Å². The van der Waals surface area contributed by atoms with Crippen LogP contribution in [0.3, 0.4) is 0 Å². The topological polar surface area (TPSA) is 41.1 Å². The zero-order chi connectivity index (χ0) is 14.6. The minimum Gasteiger partial charge on any atom is -0.362 e. The van der Waals surface area contributed by atoms with Gasteiger partial charge in [0.05, 0.1) is 4.88 Å². The number of anilines is 1. The maximum Gasteiger partial charge on any atom is 0.263 e. The van der Waals surface area contributed by atoms with Crippen molar-refractivity contribution in [3.05, 3.63) is 52.7 Å². The lowest BCUT2D eigenvalue weighted by molar-refractivity contribution is 0.0946. The molecule has 7 heteroatoms. The summed E-state index contributed by atoms with van der Waals surface area (Å²) in [4.78, 5) is 12.6. The van der Waals surface area contributed by atoms with Crippen molar-refractivity contribution in [2.45, 2.75) is 9.96 Å². The van der Waals surface area contributed by atoms with Crippen LogP contribution in [0, 0.1) is 0 Å². The van der Waals surface area contributed by atoms with Crippen molar-refractivity contribution in [1.29, 1.82) is 0 Å². The summed E-state index contributed by atoms with van der Waals surface area (Å²) in [5.41, 5.74) is 0.746. The largest absolute Gasteiger partial charge is 0.362 e. The summed E-state index contributed by atoms with van der Waals surface area (Å²) in [6, 6.07) is 12.7. The second-order valence-electron chi connectivity index (χ2n) is 3.94. The van der Waals surface area contributed by atoms with E-state index in [2.05, 4.69) is 10.6 Å². The van der Waals surface area contributed by atoms with Crippen molar-refractivity contribution in [2.24, 2.45) is 0 Å². The van der Waals surface area contributed by atoms with Crippen LogP contribution in [0.5, 0.6) is 0 Å². The number of halogens is 3. The molecule has 0 aliphatic rings. The van der Waals surface area contributed by atoms with Crippen molar-refractivity contribution >= 4 is 57.7 Å². The molecule has 0 unspecified atom stereocenters. The fourth-order valence-corrected chi connectivity index (χ4v) is 2.46. The second-order valence-corrected chi connectivity index (χ2v) is 7.25. The van der Waals surface area contributed by atoms with Crippen LogP contribution in [-0.2, 0) is 0 Å². The third-order valence-electron chi connectivity index (χ3n) is 2.43. The van der Waals surface area contributed by atoms with E-state index in [1.807, 2.05) is 35.7 Å². The monoisotopic (exact) mass is 348 g/mol. The number of alkyl halides is 3. The lowest BCUT2D eigenvalue weighted by atomic mass is 10.3. The average molecular weight is 350 g/mol. The van der Waals surface area contributed by atoms with E-state index in [-0.39, 0.29) is 5.91 Å². The predicted molar refractivity (Wildman–Crippen MR) is 85.9 cm³/mol. The van der Waals surface area contributed by atoms with Gasteiger partial charge in [0.25, 0.3) is 5.91 Å². The van der Waals surface area contributed by atoms with Crippen molar-refractivity contribution < 1.29 is 4.79 Å². The van der Waals surface area contributed by atoms with Gasteiger partial charge in [0.15, 0.2) is 0 Å². The summed E-state index contributed by atoms with van der Waals surface area (Å²) in [5.74, 6) is -0.292. The molecule has 0 aliphatic carbocycles. The average Bonchev–Trinajstić information content (AvgIpc) is 2.92. The molecule has 2 N–H and O–H groups in total. The number of hydrogen-bond acceptors (Lipinski definition) is 3. The molecule has 106 valence electrons. The Balaban J connectivity index is 2.11. The van der Waals surface area contributed by atoms with Gasteiger partial charge in [-0.15, -0.1) is 11.3 Å². The van der Waals surface area contributed by atoms with Crippen molar-refractivity contribution in [2.75, 3.05) is 5.32 Å². The number of carbonyl (C=O) groups excluding carboxylic acids is 1. The van der Waals surface area contributed by atoms with E-state index in [1.54, 1.807) is 12.1 Å². The van der Waals surface area contributed by atoms with Gasteiger partial charge in [-0.2, -0.15) is 0 Å². The van der Waals surface area contributed by atoms with Crippen molar-refractivity contribution in [3.8, 4) is 0 Å². The molecule has 2 aromatic rings. The minimum absolute atomic E-state index is 0.292. The third kappa shape index (κ3) is 4.28. The quantitative estimate of drug-likeness (QED) is 0.639. The maximum atomic E-state index is 12.0. The molecule has 0 spiro atoms. The fourth-order valence-electron chi connectivity index (χ4n) is 1.51. The molecule has 1 atom stereocenters. The van der Waals surface area contributed by atoms with Gasteiger partial charge in [0.2, 0.25) is 3.79 Å². The zero-order valence-corrected chi connectivity index (χ0v) is 13.2. The van der Waals surface area contributed by atoms with E-state index < -0.39 is 9.96 Å². The summed E-state index contributed by atoms with van der Waals surface area (Å²) in [6.45, 7) is 0. The van der Waals surface area contributed by atoms with E-state index in [0.29, 0.717) is 4.88 Å². The first-order valence-electron chi connectivity index (χ1n) is 5.69. The fraction of sp³-hybridized carbons (Fsp3) is 0.154. The number of para-hydroxylation sites is 1. The van der Waals surface area contributed by atoms with Crippen LogP contribution in [0.15, 0.2) is 47.8 Å². The Morgan fingerprint density at radius 3 is 2.35 bits per heavy atom. The smallest absolute Gasteiger partial charge is 0.263 e. The van der Waals surface area contributed by atoms with Crippen LogP contribution in [0.2, 0.25) is 0 Å². The molecule has 1 aromatic carbocycles. The number of thiophene rings is 1.